The molecule has 9 heteroatoms. The van der Waals surface area contributed by atoms with Crippen LogP contribution in [0.4, 0.5) is 5.88 Å². The molecule has 104 valence electrons. The number of amides is 1. The molecule has 9 nitrogen and oxygen atoms in total. The van der Waals surface area contributed by atoms with E-state index in [2.05, 4.69) is 10.5 Å². The third kappa shape index (κ3) is 5.64. The van der Waals surface area contributed by atoms with Crippen LogP contribution in [-0.2, 0) is 14.4 Å². The van der Waals surface area contributed by atoms with Crippen molar-refractivity contribution in [2.45, 2.75) is 6.92 Å². The first-order chi connectivity index (χ1) is 8.86. The van der Waals surface area contributed by atoms with Crippen molar-refractivity contribution in [1.82, 2.24) is 10.1 Å². The number of hydrogen-bond donors (Lipinski definition) is 3. The van der Waals surface area contributed by atoms with Crippen molar-refractivity contribution in [3.8, 4) is 0 Å². The second-order valence-electron chi connectivity index (χ2n) is 3.81. The van der Waals surface area contributed by atoms with E-state index in [0.717, 1.165) is 4.90 Å². The average molecular weight is 271 g/mol. The zero-order valence-corrected chi connectivity index (χ0v) is 10.1. The van der Waals surface area contributed by atoms with Gasteiger partial charge < -0.3 is 14.7 Å². The van der Waals surface area contributed by atoms with Crippen LogP contribution in [0.2, 0.25) is 0 Å². The van der Waals surface area contributed by atoms with E-state index in [1.807, 2.05) is 0 Å². The Balaban J connectivity index is 2.54. The first kappa shape index (κ1) is 14.6. The van der Waals surface area contributed by atoms with Crippen LogP contribution in [0, 0.1) is 6.92 Å². The number of nitrogens with zero attached hydrogens (tertiary/aromatic N) is 2. The number of aromatic nitrogens is 1. The highest BCUT2D eigenvalue weighted by Gasteiger charge is 2.17. The maximum Gasteiger partial charge on any atom is 0.317 e. The summed E-state index contributed by atoms with van der Waals surface area (Å²) in [6.45, 7) is 0.197. The van der Waals surface area contributed by atoms with Gasteiger partial charge in [-0.1, -0.05) is 5.16 Å². The van der Waals surface area contributed by atoms with Crippen molar-refractivity contribution in [2.75, 3.05) is 25.0 Å². The number of anilines is 1. The maximum atomic E-state index is 11.6. The maximum absolute atomic E-state index is 11.6. The Hall–Kier alpha value is -2.42. The van der Waals surface area contributed by atoms with Gasteiger partial charge in [0.25, 0.3) is 0 Å². The van der Waals surface area contributed by atoms with Crippen molar-refractivity contribution >= 4 is 23.7 Å². The molecule has 0 aromatic carbocycles. The van der Waals surface area contributed by atoms with Crippen LogP contribution < -0.4 is 5.32 Å². The molecule has 0 aliphatic carbocycles. The van der Waals surface area contributed by atoms with Crippen LogP contribution >= 0.6 is 0 Å². The van der Waals surface area contributed by atoms with Crippen molar-refractivity contribution in [1.29, 1.82) is 0 Å². The van der Waals surface area contributed by atoms with Gasteiger partial charge in [-0.05, 0) is 6.92 Å². The number of carbonyl (C=O) groups excluding carboxylic acids is 1. The Morgan fingerprint density at radius 3 is 2.26 bits per heavy atom. The predicted molar refractivity (Wildman–Crippen MR) is 61.6 cm³/mol. The molecule has 0 saturated carbocycles. The number of carboxylic acids is 2. The van der Waals surface area contributed by atoms with Crippen LogP contribution in [0.25, 0.3) is 0 Å². The van der Waals surface area contributed by atoms with Crippen molar-refractivity contribution in [2.24, 2.45) is 0 Å². The van der Waals surface area contributed by atoms with E-state index >= 15 is 0 Å². The van der Waals surface area contributed by atoms with Gasteiger partial charge in [0.05, 0.1) is 25.3 Å². The fraction of sp³-hybridized carbons (Fsp3) is 0.400. The quantitative estimate of drug-likeness (QED) is 0.598. The Bertz CT molecular complexity index is 467. The largest absolute Gasteiger partial charge is 0.480 e. The normalized spacial score (nSPS) is 10.4. The Morgan fingerprint density at radius 1 is 1.26 bits per heavy atom. The van der Waals surface area contributed by atoms with Crippen LogP contribution in [-0.4, -0.2) is 57.7 Å². The Kier molecular flexibility index (Phi) is 5.01. The molecule has 1 aromatic rings. The molecule has 0 bridgehead atoms. The van der Waals surface area contributed by atoms with E-state index < -0.39 is 30.9 Å². The fourth-order valence-corrected chi connectivity index (χ4v) is 1.35. The second kappa shape index (κ2) is 6.50. The number of nitrogens with one attached hydrogen (secondary N) is 1. The minimum Gasteiger partial charge on any atom is -0.480 e. The zero-order chi connectivity index (χ0) is 14.4. The van der Waals surface area contributed by atoms with Crippen molar-refractivity contribution in [3.63, 3.8) is 0 Å². The third-order valence-corrected chi connectivity index (χ3v) is 1.98. The number of hydrogen-bond acceptors (Lipinski definition) is 6. The van der Waals surface area contributed by atoms with Crippen LogP contribution in [0.1, 0.15) is 5.69 Å². The standard InChI is InChI=1S/C10H13N3O6/c1-6-2-8(19-12-6)11-7(14)3-13(4-9(15)16)5-10(17)18/h2H,3-5H2,1H3,(H,11,14)(H,15,16)(H,17,18). The molecule has 0 fully saturated rings. The van der Waals surface area contributed by atoms with Gasteiger partial charge in [-0.3, -0.25) is 24.6 Å². The van der Waals surface area contributed by atoms with Crippen molar-refractivity contribution in [3.05, 3.63) is 11.8 Å². The fourth-order valence-electron chi connectivity index (χ4n) is 1.35. The average Bonchev–Trinajstić information content (AvgIpc) is 2.61. The number of carboxylic acid groups (broad SMARTS) is 2. The lowest BCUT2D eigenvalue weighted by atomic mass is 10.4. The minimum atomic E-state index is -1.22. The highest BCUT2D eigenvalue weighted by molar-refractivity contribution is 5.91. The molecule has 0 aliphatic rings. The summed E-state index contributed by atoms with van der Waals surface area (Å²) in [5.41, 5.74) is 0.572. The molecule has 0 unspecified atom stereocenters. The van der Waals surface area contributed by atoms with Crippen LogP contribution in [0.15, 0.2) is 10.6 Å². The molecule has 0 aliphatic heterocycles. The van der Waals surface area contributed by atoms with E-state index in [-0.39, 0.29) is 12.4 Å². The van der Waals surface area contributed by atoms with Crippen LogP contribution in [0.5, 0.6) is 0 Å². The predicted octanol–water partition coefficient (Wildman–Crippen LogP) is -0.607. The van der Waals surface area contributed by atoms with Crippen LogP contribution in [0.3, 0.4) is 0 Å². The van der Waals surface area contributed by atoms with Gasteiger partial charge in [0.2, 0.25) is 11.8 Å². The minimum absolute atomic E-state index is 0.119. The molecular formula is C10H13N3O6. The SMILES string of the molecule is Cc1cc(NC(=O)CN(CC(=O)O)CC(=O)O)on1. The van der Waals surface area contributed by atoms with Gasteiger partial charge in [0.1, 0.15) is 0 Å². The summed E-state index contributed by atoms with van der Waals surface area (Å²) in [4.78, 5) is 33.6. The highest BCUT2D eigenvalue weighted by Crippen LogP contribution is 2.07. The summed E-state index contributed by atoms with van der Waals surface area (Å²) < 4.78 is 4.75. The zero-order valence-electron chi connectivity index (χ0n) is 10.1. The molecular weight excluding hydrogens is 258 g/mol. The molecule has 0 radical (unpaired) electrons. The summed E-state index contributed by atoms with van der Waals surface area (Å²) in [5, 5.41) is 23.1. The second-order valence-corrected chi connectivity index (χ2v) is 3.81. The molecule has 1 rings (SSSR count). The van der Waals surface area contributed by atoms with Gasteiger partial charge in [-0.25, -0.2) is 0 Å². The lowest BCUT2D eigenvalue weighted by Gasteiger charge is -2.16. The van der Waals surface area contributed by atoms with E-state index in [0.29, 0.717) is 5.69 Å². The molecule has 19 heavy (non-hydrogen) atoms. The van der Waals surface area contributed by atoms with Gasteiger partial charge in [-0.15, -0.1) is 0 Å². The molecule has 1 amide bonds. The molecule has 0 saturated heterocycles. The Morgan fingerprint density at radius 2 is 1.84 bits per heavy atom. The lowest BCUT2D eigenvalue weighted by molar-refractivity contribution is -0.142. The van der Waals surface area contributed by atoms with Gasteiger partial charge in [0.15, 0.2) is 0 Å². The summed E-state index contributed by atoms with van der Waals surface area (Å²) in [6.07, 6.45) is 0. The van der Waals surface area contributed by atoms with Crippen molar-refractivity contribution < 1.29 is 29.1 Å². The van der Waals surface area contributed by atoms with E-state index in [1.165, 1.54) is 6.07 Å². The molecule has 3 N–H and O–H groups in total. The van der Waals surface area contributed by atoms with Gasteiger partial charge in [-0.2, -0.15) is 0 Å². The molecule has 0 atom stereocenters. The first-order valence-electron chi connectivity index (χ1n) is 5.26. The summed E-state index contributed by atoms with van der Waals surface area (Å²) in [5.74, 6) is -2.90. The number of rotatable bonds is 7. The lowest BCUT2D eigenvalue weighted by Crippen LogP contribution is -2.40. The number of aryl methyl sites for hydroxylation is 1. The Labute approximate surface area is 107 Å². The number of carbonyl (C=O) groups is 3. The van der Waals surface area contributed by atoms with Gasteiger partial charge in [0, 0.05) is 6.07 Å². The smallest absolute Gasteiger partial charge is 0.317 e. The summed E-state index contributed by atoms with van der Waals surface area (Å²) >= 11 is 0. The topological polar surface area (TPSA) is 133 Å². The van der Waals surface area contributed by atoms with E-state index in [9.17, 15) is 14.4 Å². The van der Waals surface area contributed by atoms with Gasteiger partial charge >= 0.3 is 11.9 Å². The highest BCUT2D eigenvalue weighted by atomic mass is 16.5. The number of aliphatic carboxylic acids is 2. The molecule has 1 aromatic heterocycles. The molecule has 0 spiro atoms. The summed E-state index contributed by atoms with van der Waals surface area (Å²) in [7, 11) is 0. The molecule has 1 heterocycles. The third-order valence-electron chi connectivity index (χ3n) is 1.98. The summed E-state index contributed by atoms with van der Waals surface area (Å²) in [6, 6.07) is 1.48. The monoisotopic (exact) mass is 271 g/mol. The first-order valence-corrected chi connectivity index (χ1v) is 5.26. The van der Waals surface area contributed by atoms with E-state index in [4.69, 9.17) is 14.7 Å². The van der Waals surface area contributed by atoms with E-state index in [1.54, 1.807) is 6.92 Å².